The van der Waals surface area contributed by atoms with E-state index in [0.717, 1.165) is 0 Å². The highest BCUT2D eigenvalue weighted by atomic mass is 35.7. The lowest BCUT2D eigenvalue weighted by Crippen LogP contribution is -2.02. The molecule has 0 aliphatic rings. The van der Waals surface area contributed by atoms with Crippen molar-refractivity contribution >= 4 is 31.3 Å². The van der Waals surface area contributed by atoms with E-state index >= 15 is 0 Å². The van der Waals surface area contributed by atoms with E-state index < -0.39 is 9.05 Å². The normalized spacial score (nSPS) is 11.7. The number of aromatic nitrogens is 3. The molecule has 0 radical (unpaired) electrons. The maximum atomic E-state index is 11.2. The Morgan fingerprint density at radius 2 is 1.88 bits per heavy atom. The highest BCUT2D eigenvalue weighted by Crippen LogP contribution is 2.27. The van der Waals surface area contributed by atoms with Gasteiger partial charge in [-0.25, -0.2) is 8.42 Å². The van der Waals surface area contributed by atoms with Crippen LogP contribution in [0.1, 0.15) is 0 Å². The topological polar surface area (TPSA) is 64.8 Å². The van der Waals surface area contributed by atoms with Crippen LogP contribution in [0, 0.1) is 0 Å². The van der Waals surface area contributed by atoms with Crippen LogP contribution < -0.4 is 0 Å². The lowest BCUT2D eigenvalue weighted by molar-refractivity contribution is 0.593. The van der Waals surface area contributed by atoms with Gasteiger partial charge in [0.1, 0.15) is 0 Å². The van der Waals surface area contributed by atoms with Crippen LogP contribution in [0.25, 0.3) is 11.4 Å². The Bertz CT molecular complexity index is 667. The predicted octanol–water partition coefficient (Wildman–Crippen LogP) is 2.06. The molecule has 2 aromatic rings. The van der Waals surface area contributed by atoms with Crippen LogP contribution in [0.3, 0.4) is 0 Å². The largest absolute Gasteiger partial charge is 0.300 e. The molecule has 1 heterocycles. The third-order valence-corrected chi connectivity index (χ3v) is 3.70. The van der Waals surface area contributed by atoms with Crippen molar-refractivity contribution in [2.24, 2.45) is 7.05 Å². The molecule has 0 N–H and O–H groups in total. The molecule has 0 saturated carbocycles. The van der Waals surface area contributed by atoms with Crippen molar-refractivity contribution in [1.29, 1.82) is 0 Å². The lowest BCUT2D eigenvalue weighted by Gasteiger charge is -2.03. The van der Waals surface area contributed by atoms with Crippen molar-refractivity contribution in [3.8, 4) is 11.4 Å². The summed E-state index contributed by atoms with van der Waals surface area (Å²) in [6.07, 6.45) is 0. The van der Waals surface area contributed by atoms with Gasteiger partial charge >= 0.3 is 0 Å². The molecule has 0 aliphatic heterocycles. The van der Waals surface area contributed by atoms with Gasteiger partial charge in [0.2, 0.25) is 0 Å². The minimum atomic E-state index is -3.92. The maximum Gasteiger partial charge on any atom is 0.296 e. The molecule has 0 fully saturated rings. The van der Waals surface area contributed by atoms with Crippen molar-refractivity contribution in [2.75, 3.05) is 0 Å². The maximum absolute atomic E-state index is 11.2. The second-order valence-electron chi connectivity index (χ2n) is 3.28. The fourth-order valence-corrected chi connectivity index (χ4v) is 2.58. The monoisotopic (exact) mass is 291 g/mol. The van der Waals surface area contributed by atoms with Crippen LogP contribution in [0.4, 0.5) is 0 Å². The van der Waals surface area contributed by atoms with E-state index in [0.29, 0.717) is 16.4 Å². The van der Waals surface area contributed by atoms with E-state index in [1.807, 2.05) is 0 Å². The summed E-state index contributed by atoms with van der Waals surface area (Å²) < 4.78 is 23.7. The molecule has 5 nitrogen and oxygen atoms in total. The molecule has 0 saturated heterocycles. The quantitative estimate of drug-likeness (QED) is 0.795. The molecule has 1 aromatic heterocycles. The number of halogens is 2. The molecular weight excluding hydrogens is 285 g/mol. The smallest absolute Gasteiger partial charge is 0.296 e. The zero-order valence-electron chi connectivity index (χ0n) is 8.63. The first-order chi connectivity index (χ1) is 7.91. The summed E-state index contributed by atoms with van der Waals surface area (Å²) in [5.41, 5.74) is 0.593. The third-order valence-electron chi connectivity index (χ3n) is 2.17. The molecule has 0 unspecified atom stereocenters. The number of rotatable bonds is 2. The first-order valence-electron chi connectivity index (χ1n) is 4.50. The predicted molar refractivity (Wildman–Crippen MR) is 64.5 cm³/mol. The second-order valence-corrected chi connectivity index (χ2v) is 6.15. The van der Waals surface area contributed by atoms with Crippen LogP contribution in [-0.2, 0) is 16.1 Å². The van der Waals surface area contributed by atoms with E-state index in [-0.39, 0.29) is 5.16 Å². The van der Waals surface area contributed by atoms with Crippen LogP contribution in [-0.4, -0.2) is 23.2 Å². The number of hydrogen-bond donors (Lipinski definition) is 0. The van der Waals surface area contributed by atoms with Crippen LogP contribution in [0.5, 0.6) is 0 Å². The Balaban J connectivity index is 2.64. The van der Waals surface area contributed by atoms with Gasteiger partial charge in [-0.1, -0.05) is 23.7 Å². The van der Waals surface area contributed by atoms with Crippen LogP contribution in [0.15, 0.2) is 29.4 Å². The van der Waals surface area contributed by atoms with Crippen LogP contribution >= 0.6 is 22.3 Å². The van der Waals surface area contributed by atoms with Gasteiger partial charge in [-0.3, -0.25) is 4.57 Å². The average Bonchev–Trinajstić information content (AvgIpc) is 2.60. The first kappa shape index (κ1) is 12.3. The molecule has 1 aromatic carbocycles. The highest BCUT2D eigenvalue weighted by molar-refractivity contribution is 8.13. The number of hydrogen-bond acceptors (Lipinski definition) is 4. The van der Waals surface area contributed by atoms with E-state index in [1.54, 1.807) is 24.3 Å². The van der Waals surface area contributed by atoms with Crippen molar-refractivity contribution in [1.82, 2.24) is 14.8 Å². The zero-order chi connectivity index (χ0) is 12.6. The minimum absolute atomic E-state index is 0.311. The molecule has 0 bridgehead atoms. The summed E-state index contributed by atoms with van der Waals surface area (Å²) >= 11 is 5.99. The molecule has 0 atom stereocenters. The number of nitrogens with zero attached hydrogens (tertiary/aromatic N) is 3. The van der Waals surface area contributed by atoms with Gasteiger partial charge in [-0.2, -0.15) is 0 Å². The van der Waals surface area contributed by atoms with Gasteiger partial charge < -0.3 is 0 Å². The minimum Gasteiger partial charge on any atom is -0.300 e. The van der Waals surface area contributed by atoms with Gasteiger partial charge in [-0.05, 0) is 12.1 Å². The first-order valence-corrected chi connectivity index (χ1v) is 7.19. The molecular formula is C9H7Cl2N3O2S. The molecule has 90 valence electrons. The molecule has 0 aliphatic carbocycles. The third kappa shape index (κ3) is 2.29. The van der Waals surface area contributed by atoms with Crippen molar-refractivity contribution in [2.45, 2.75) is 5.16 Å². The standard InChI is InChI=1S/C9H7Cl2N3O2S/c1-14-8(6-4-2-3-5-7(6)10)12-13-9(14)17(11,15)16/h2-5H,1H3. The fourth-order valence-electron chi connectivity index (χ4n) is 1.40. The summed E-state index contributed by atoms with van der Waals surface area (Å²) in [7, 11) is 2.81. The van der Waals surface area contributed by atoms with Gasteiger partial charge in [0.25, 0.3) is 14.2 Å². The Morgan fingerprint density at radius 1 is 1.24 bits per heavy atom. The summed E-state index contributed by atoms with van der Waals surface area (Å²) in [6, 6.07) is 6.93. The summed E-state index contributed by atoms with van der Waals surface area (Å²) in [6.45, 7) is 0. The van der Waals surface area contributed by atoms with E-state index in [4.69, 9.17) is 22.3 Å². The summed E-state index contributed by atoms with van der Waals surface area (Å²) in [5.74, 6) is 0.342. The molecule has 0 amide bonds. The van der Waals surface area contributed by atoms with Gasteiger partial charge in [0, 0.05) is 23.3 Å². The lowest BCUT2D eigenvalue weighted by atomic mass is 10.2. The van der Waals surface area contributed by atoms with Crippen molar-refractivity contribution in [3.05, 3.63) is 29.3 Å². The Hall–Kier alpha value is -1.11. The Morgan fingerprint density at radius 3 is 2.41 bits per heavy atom. The summed E-state index contributed by atoms with van der Waals surface area (Å²) in [4.78, 5) is 0. The SMILES string of the molecule is Cn1c(-c2ccccc2Cl)nnc1S(=O)(=O)Cl. The van der Waals surface area contributed by atoms with Gasteiger partial charge in [-0.15, -0.1) is 10.2 Å². The van der Waals surface area contributed by atoms with Crippen molar-refractivity contribution in [3.63, 3.8) is 0 Å². The Kier molecular flexibility index (Phi) is 3.11. The molecule has 0 spiro atoms. The van der Waals surface area contributed by atoms with E-state index in [2.05, 4.69) is 10.2 Å². The average molecular weight is 292 g/mol. The second kappa shape index (κ2) is 4.29. The van der Waals surface area contributed by atoms with Gasteiger partial charge in [0.15, 0.2) is 5.82 Å². The highest BCUT2D eigenvalue weighted by Gasteiger charge is 2.21. The molecule has 17 heavy (non-hydrogen) atoms. The van der Waals surface area contributed by atoms with Crippen LogP contribution in [0.2, 0.25) is 5.02 Å². The van der Waals surface area contributed by atoms with E-state index in [9.17, 15) is 8.42 Å². The zero-order valence-corrected chi connectivity index (χ0v) is 11.0. The summed E-state index contributed by atoms with van der Waals surface area (Å²) in [5, 5.41) is 7.47. The Labute approximate surface area is 107 Å². The van der Waals surface area contributed by atoms with Gasteiger partial charge in [0.05, 0.1) is 5.02 Å². The van der Waals surface area contributed by atoms with Crippen molar-refractivity contribution < 1.29 is 8.42 Å². The van der Waals surface area contributed by atoms with E-state index in [1.165, 1.54) is 11.6 Å². The molecule has 2 rings (SSSR count). The number of benzene rings is 1. The fraction of sp³-hybridized carbons (Fsp3) is 0.111. The molecule has 8 heteroatoms.